The Morgan fingerprint density at radius 1 is 1.10 bits per heavy atom. The lowest BCUT2D eigenvalue weighted by atomic mass is 10.0. The molecular formula is C16H12N2OS. The van der Waals surface area contributed by atoms with Gasteiger partial charge in [0, 0.05) is 11.1 Å². The van der Waals surface area contributed by atoms with Crippen LogP contribution >= 0.6 is 11.3 Å². The number of thiophene rings is 1. The molecule has 2 aromatic carbocycles. The smallest absolute Gasteiger partial charge is 0.267 e. The van der Waals surface area contributed by atoms with Crippen molar-refractivity contribution < 1.29 is 4.79 Å². The van der Waals surface area contributed by atoms with Crippen LogP contribution in [0.15, 0.2) is 64.4 Å². The number of carbonyl (C=O) groups is 1. The largest absolute Gasteiger partial charge is 0.271 e. The summed E-state index contributed by atoms with van der Waals surface area (Å²) in [6, 6.07) is 15.4. The zero-order valence-corrected chi connectivity index (χ0v) is 11.4. The van der Waals surface area contributed by atoms with E-state index in [0.29, 0.717) is 5.56 Å². The van der Waals surface area contributed by atoms with Gasteiger partial charge in [0.05, 0.1) is 6.21 Å². The predicted molar refractivity (Wildman–Crippen MR) is 83.3 cm³/mol. The summed E-state index contributed by atoms with van der Waals surface area (Å²) in [6.45, 7) is 0. The summed E-state index contributed by atoms with van der Waals surface area (Å²) in [5.74, 6) is -0.201. The normalized spacial score (nSPS) is 11.0. The van der Waals surface area contributed by atoms with Gasteiger partial charge in [0.1, 0.15) is 0 Å². The lowest BCUT2D eigenvalue weighted by Gasteiger charge is -2.04. The topological polar surface area (TPSA) is 41.5 Å². The van der Waals surface area contributed by atoms with Crippen molar-refractivity contribution in [3.63, 3.8) is 0 Å². The van der Waals surface area contributed by atoms with E-state index in [2.05, 4.69) is 10.5 Å². The molecule has 20 heavy (non-hydrogen) atoms. The minimum Gasteiger partial charge on any atom is -0.267 e. The van der Waals surface area contributed by atoms with E-state index in [9.17, 15) is 4.79 Å². The summed E-state index contributed by atoms with van der Waals surface area (Å²) in [5, 5.41) is 9.88. The minimum atomic E-state index is -0.201. The van der Waals surface area contributed by atoms with E-state index in [4.69, 9.17) is 0 Å². The molecular weight excluding hydrogens is 268 g/mol. The summed E-state index contributed by atoms with van der Waals surface area (Å²) >= 11 is 1.59. The fourth-order valence-electron chi connectivity index (χ4n) is 2.00. The van der Waals surface area contributed by atoms with Crippen LogP contribution in [0.1, 0.15) is 15.9 Å². The molecule has 0 saturated heterocycles. The maximum atomic E-state index is 12.2. The van der Waals surface area contributed by atoms with Crippen molar-refractivity contribution in [2.45, 2.75) is 0 Å². The predicted octanol–water partition coefficient (Wildman–Crippen LogP) is 3.67. The lowest BCUT2D eigenvalue weighted by Crippen LogP contribution is -2.17. The summed E-state index contributed by atoms with van der Waals surface area (Å²) in [5.41, 5.74) is 4.17. The highest BCUT2D eigenvalue weighted by Gasteiger charge is 2.08. The molecule has 0 atom stereocenters. The molecule has 3 nitrogen and oxygen atoms in total. The van der Waals surface area contributed by atoms with Crippen molar-refractivity contribution in [3.05, 3.63) is 70.4 Å². The second-order valence-corrected chi connectivity index (χ2v) is 5.06. The van der Waals surface area contributed by atoms with Crippen LogP contribution in [-0.4, -0.2) is 12.1 Å². The number of hydrogen-bond donors (Lipinski definition) is 1. The SMILES string of the molecule is O=C(N/N=C\c1ccsc1)c1cccc2ccccc12. The van der Waals surface area contributed by atoms with Gasteiger partial charge in [-0.05, 0) is 33.7 Å². The third-order valence-electron chi connectivity index (χ3n) is 2.96. The number of nitrogens with zero attached hydrogens (tertiary/aromatic N) is 1. The minimum absolute atomic E-state index is 0.201. The molecule has 1 amide bonds. The Hall–Kier alpha value is -2.46. The molecule has 4 heteroatoms. The number of carbonyl (C=O) groups excluding carboxylic acids is 1. The van der Waals surface area contributed by atoms with Crippen LogP contribution in [0.4, 0.5) is 0 Å². The van der Waals surface area contributed by atoms with Crippen molar-refractivity contribution in [2.75, 3.05) is 0 Å². The van der Waals surface area contributed by atoms with E-state index in [1.807, 2.05) is 53.2 Å². The third-order valence-corrected chi connectivity index (χ3v) is 3.66. The fraction of sp³-hybridized carbons (Fsp3) is 0. The fourth-order valence-corrected chi connectivity index (χ4v) is 2.61. The molecule has 1 N–H and O–H groups in total. The van der Waals surface area contributed by atoms with E-state index in [-0.39, 0.29) is 5.91 Å². The number of amides is 1. The number of nitrogens with one attached hydrogen (secondary N) is 1. The lowest BCUT2D eigenvalue weighted by molar-refractivity contribution is 0.0957. The van der Waals surface area contributed by atoms with Gasteiger partial charge in [0.25, 0.3) is 5.91 Å². The average molecular weight is 280 g/mol. The Bertz CT molecular complexity index is 758. The molecule has 1 aromatic heterocycles. The van der Waals surface area contributed by atoms with Crippen molar-refractivity contribution in [3.8, 4) is 0 Å². The third kappa shape index (κ3) is 2.60. The van der Waals surface area contributed by atoms with Crippen molar-refractivity contribution in [2.24, 2.45) is 5.10 Å². The molecule has 0 unspecified atom stereocenters. The number of hydrogen-bond acceptors (Lipinski definition) is 3. The van der Waals surface area contributed by atoms with E-state index in [1.54, 1.807) is 23.6 Å². The van der Waals surface area contributed by atoms with Gasteiger partial charge in [-0.1, -0.05) is 36.4 Å². The van der Waals surface area contributed by atoms with Gasteiger partial charge in [-0.15, -0.1) is 0 Å². The van der Waals surface area contributed by atoms with Gasteiger partial charge in [-0.25, -0.2) is 5.43 Å². The molecule has 0 radical (unpaired) electrons. The standard InChI is InChI=1S/C16H12N2OS/c19-16(18-17-10-12-8-9-20-11-12)15-7-3-5-13-4-1-2-6-14(13)15/h1-11H,(H,18,19)/b17-10-. The molecule has 0 bridgehead atoms. The Balaban J connectivity index is 1.82. The molecule has 0 aliphatic rings. The highest BCUT2D eigenvalue weighted by atomic mass is 32.1. The summed E-state index contributed by atoms with van der Waals surface area (Å²) in [7, 11) is 0. The Morgan fingerprint density at radius 2 is 1.95 bits per heavy atom. The average Bonchev–Trinajstić information content (AvgIpc) is 3.00. The van der Waals surface area contributed by atoms with Crippen LogP contribution in [0.25, 0.3) is 10.8 Å². The van der Waals surface area contributed by atoms with E-state index < -0.39 is 0 Å². The zero-order chi connectivity index (χ0) is 13.8. The maximum absolute atomic E-state index is 12.2. The number of hydrazone groups is 1. The molecule has 0 aliphatic carbocycles. The Labute approximate surface area is 120 Å². The number of rotatable bonds is 3. The van der Waals surface area contributed by atoms with Crippen molar-refractivity contribution >= 4 is 34.2 Å². The van der Waals surface area contributed by atoms with E-state index in [0.717, 1.165) is 16.3 Å². The van der Waals surface area contributed by atoms with Gasteiger partial charge in [-0.2, -0.15) is 16.4 Å². The second-order valence-electron chi connectivity index (χ2n) is 4.28. The number of fused-ring (bicyclic) bond motifs is 1. The summed E-state index contributed by atoms with van der Waals surface area (Å²) in [4.78, 5) is 12.2. The molecule has 1 heterocycles. The molecule has 0 aliphatic heterocycles. The summed E-state index contributed by atoms with van der Waals surface area (Å²) in [6.07, 6.45) is 1.64. The Kier molecular flexibility index (Phi) is 3.56. The first kappa shape index (κ1) is 12.6. The van der Waals surface area contributed by atoms with Gasteiger partial charge >= 0.3 is 0 Å². The first-order valence-electron chi connectivity index (χ1n) is 6.18. The number of benzene rings is 2. The highest BCUT2D eigenvalue weighted by molar-refractivity contribution is 7.08. The molecule has 0 fully saturated rings. The molecule has 0 saturated carbocycles. The van der Waals surface area contributed by atoms with Crippen molar-refractivity contribution in [1.29, 1.82) is 0 Å². The van der Waals surface area contributed by atoms with Crippen LogP contribution in [0, 0.1) is 0 Å². The van der Waals surface area contributed by atoms with Gasteiger partial charge < -0.3 is 0 Å². The summed E-state index contributed by atoms with van der Waals surface area (Å²) < 4.78 is 0. The van der Waals surface area contributed by atoms with Gasteiger partial charge in [-0.3, -0.25) is 4.79 Å². The maximum Gasteiger partial charge on any atom is 0.271 e. The van der Waals surface area contributed by atoms with Crippen LogP contribution < -0.4 is 5.43 Å². The Morgan fingerprint density at radius 3 is 2.80 bits per heavy atom. The monoisotopic (exact) mass is 280 g/mol. The van der Waals surface area contributed by atoms with Crippen molar-refractivity contribution in [1.82, 2.24) is 5.43 Å². The zero-order valence-electron chi connectivity index (χ0n) is 10.6. The quantitative estimate of drug-likeness (QED) is 0.577. The highest BCUT2D eigenvalue weighted by Crippen LogP contribution is 2.18. The van der Waals surface area contributed by atoms with Crippen LogP contribution in [-0.2, 0) is 0 Å². The van der Waals surface area contributed by atoms with E-state index in [1.165, 1.54) is 0 Å². The molecule has 98 valence electrons. The van der Waals surface area contributed by atoms with Gasteiger partial charge in [0.15, 0.2) is 0 Å². The molecule has 3 rings (SSSR count). The van der Waals surface area contributed by atoms with Crippen LogP contribution in [0.3, 0.4) is 0 Å². The van der Waals surface area contributed by atoms with Crippen LogP contribution in [0.5, 0.6) is 0 Å². The van der Waals surface area contributed by atoms with Crippen LogP contribution in [0.2, 0.25) is 0 Å². The van der Waals surface area contributed by atoms with Gasteiger partial charge in [0.2, 0.25) is 0 Å². The van der Waals surface area contributed by atoms with E-state index >= 15 is 0 Å². The first-order chi connectivity index (χ1) is 9.84. The molecule has 0 spiro atoms. The molecule has 3 aromatic rings. The first-order valence-corrected chi connectivity index (χ1v) is 7.12. The second kappa shape index (κ2) is 5.67.